The lowest BCUT2D eigenvalue weighted by Gasteiger charge is -2.07. The number of allylic oxidation sites excluding steroid dienone is 2. The first kappa shape index (κ1) is 13.8. The lowest BCUT2D eigenvalue weighted by atomic mass is 10.2. The number of rotatable bonds is 5. The van der Waals surface area contributed by atoms with Gasteiger partial charge in [0.2, 0.25) is 0 Å². The van der Waals surface area contributed by atoms with Crippen molar-refractivity contribution in [1.29, 1.82) is 0 Å². The van der Waals surface area contributed by atoms with Gasteiger partial charge in [-0.2, -0.15) is 0 Å². The van der Waals surface area contributed by atoms with Crippen LogP contribution in [-0.4, -0.2) is 12.5 Å². The van der Waals surface area contributed by atoms with Gasteiger partial charge in [0.25, 0.3) is 5.91 Å². The zero-order valence-electron chi connectivity index (χ0n) is 9.09. The van der Waals surface area contributed by atoms with E-state index in [0.29, 0.717) is 18.0 Å². The molecule has 0 aliphatic carbocycles. The average molecular weight is 229 g/mol. The first-order chi connectivity index (χ1) is 6.97. The fourth-order valence-electron chi connectivity index (χ4n) is 0.805. The highest BCUT2D eigenvalue weighted by atomic mass is 35.5. The largest absolute Gasteiger partial charge is 0.389 e. The van der Waals surface area contributed by atoms with Crippen LogP contribution in [0.4, 0.5) is 0 Å². The molecule has 0 aromatic carbocycles. The predicted octanol–water partition coefficient (Wildman–Crippen LogP) is 1.91. The first-order valence-corrected chi connectivity index (χ1v) is 5.08. The van der Waals surface area contributed by atoms with Gasteiger partial charge in [-0.1, -0.05) is 38.1 Å². The van der Waals surface area contributed by atoms with Crippen molar-refractivity contribution >= 4 is 17.5 Å². The molecule has 0 bridgehead atoms. The van der Waals surface area contributed by atoms with E-state index in [0.717, 1.165) is 0 Å². The van der Waals surface area contributed by atoms with Gasteiger partial charge in [0, 0.05) is 12.1 Å². The summed E-state index contributed by atoms with van der Waals surface area (Å²) in [6.45, 7) is 8.22. The van der Waals surface area contributed by atoms with Crippen molar-refractivity contribution in [3.8, 4) is 0 Å². The minimum Gasteiger partial charge on any atom is -0.389 e. The predicted molar refractivity (Wildman–Crippen MR) is 64.3 cm³/mol. The second-order valence-corrected chi connectivity index (χ2v) is 3.92. The molecular formula is C11H17ClN2O. The van der Waals surface area contributed by atoms with Crippen LogP contribution in [0.1, 0.15) is 13.8 Å². The Labute approximate surface area is 95.7 Å². The molecule has 84 valence electrons. The van der Waals surface area contributed by atoms with E-state index in [-0.39, 0.29) is 11.1 Å². The summed E-state index contributed by atoms with van der Waals surface area (Å²) in [5.41, 5.74) is 5.68. The highest BCUT2D eigenvalue weighted by molar-refractivity contribution is 6.29. The summed E-state index contributed by atoms with van der Waals surface area (Å²) in [6.07, 6.45) is 4.45. The van der Waals surface area contributed by atoms with Crippen molar-refractivity contribution in [3.63, 3.8) is 0 Å². The van der Waals surface area contributed by atoms with Crippen molar-refractivity contribution in [2.24, 2.45) is 11.7 Å². The molecule has 0 saturated heterocycles. The van der Waals surface area contributed by atoms with Gasteiger partial charge < -0.3 is 11.1 Å². The lowest BCUT2D eigenvalue weighted by molar-refractivity contribution is -0.117. The summed E-state index contributed by atoms with van der Waals surface area (Å²) in [5, 5.41) is 2.90. The van der Waals surface area contributed by atoms with Crippen molar-refractivity contribution in [2.45, 2.75) is 13.8 Å². The van der Waals surface area contributed by atoms with Gasteiger partial charge in [0.15, 0.2) is 0 Å². The molecule has 3 N–H and O–H groups in total. The standard InChI is InChI=1S/C11H17ClN2O/c1-4-9(5-6-10(12)13)11(15)14-7-8(2)3/h4-6,8H,1,7,13H2,2-3H3,(H,14,15)/b9-5+,10-6-. The molecular weight excluding hydrogens is 212 g/mol. The minimum absolute atomic E-state index is 0.131. The molecule has 0 radical (unpaired) electrons. The number of hydrogen-bond donors (Lipinski definition) is 2. The van der Waals surface area contributed by atoms with Gasteiger partial charge in [-0.25, -0.2) is 0 Å². The molecule has 0 fully saturated rings. The van der Waals surface area contributed by atoms with E-state index in [2.05, 4.69) is 11.9 Å². The molecule has 4 heteroatoms. The third-order valence-corrected chi connectivity index (χ3v) is 1.70. The Hall–Kier alpha value is -1.22. The van der Waals surface area contributed by atoms with Crippen molar-refractivity contribution in [1.82, 2.24) is 5.32 Å². The van der Waals surface area contributed by atoms with Crippen LogP contribution >= 0.6 is 11.6 Å². The van der Waals surface area contributed by atoms with E-state index in [4.69, 9.17) is 17.3 Å². The minimum atomic E-state index is -0.173. The van der Waals surface area contributed by atoms with E-state index in [9.17, 15) is 4.79 Å². The molecule has 0 heterocycles. The highest BCUT2D eigenvalue weighted by Gasteiger charge is 2.04. The van der Waals surface area contributed by atoms with E-state index in [1.807, 2.05) is 13.8 Å². The summed E-state index contributed by atoms with van der Waals surface area (Å²) < 4.78 is 0. The Morgan fingerprint density at radius 3 is 2.53 bits per heavy atom. The number of nitrogens with one attached hydrogen (secondary N) is 1. The molecule has 0 aliphatic rings. The van der Waals surface area contributed by atoms with Gasteiger partial charge in [0.1, 0.15) is 0 Å². The van der Waals surface area contributed by atoms with Crippen LogP contribution in [0, 0.1) is 5.92 Å². The Balaban J connectivity index is 4.41. The topological polar surface area (TPSA) is 55.1 Å². The quantitative estimate of drug-likeness (QED) is 0.429. The monoisotopic (exact) mass is 228 g/mol. The van der Waals surface area contributed by atoms with Gasteiger partial charge in [0.05, 0.1) is 5.16 Å². The number of hydrogen-bond acceptors (Lipinski definition) is 2. The Kier molecular flexibility index (Phi) is 6.54. The molecule has 0 rings (SSSR count). The molecule has 0 aromatic rings. The number of halogens is 1. The fraction of sp³-hybridized carbons (Fsp3) is 0.364. The van der Waals surface area contributed by atoms with Gasteiger partial charge >= 0.3 is 0 Å². The fourth-order valence-corrected chi connectivity index (χ4v) is 0.868. The summed E-state index contributed by atoms with van der Waals surface area (Å²) in [5.74, 6) is 0.238. The van der Waals surface area contributed by atoms with Crippen molar-refractivity contribution < 1.29 is 4.79 Å². The number of carbonyl (C=O) groups is 1. The molecule has 0 saturated carbocycles. The Morgan fingerprint density at radius 1 is 1.53 bits per heavy atom. The SMILES string of the molecule is C=C/C(=C\C=C(/N)Cl)C(=O)NCC(C)C. The molecule has 0 aromatic heterocycles. The van der Waals surface area contributed by atoms with Crippen LogP contribution in [0.25, 0.3) is 0 Å². The molecule has 1 amide bonds. The molecule has 3 nitrogen and oxygen atoms in total. The molecule has 15 heavy (non-hydrogen) atoms. The van der Waals surface area contributed by atoms with Crippen molar-refractivity contribution in [2.75, 3.05) is 6.54 Å². The van der Waals surface area contributed by atoms with Gasteiger partial charge in [-0.3, -0.25) is 4.79 Å². The first-order valence-electron chi connectivity index (χ1n) is 4.71. The second-order valence-electron chi connectivity index (χ2n) is 3.48. The summed E-state index contributed by atoms with van der Waals surface area (Å²) in [6, 6.07) is 0. The summed E-state index contributed by atoms with van der Waals surface area (Å²) >= 11 is 5.44. The van der Waals surface area contributed by atoms with Gasteiger partial charge in [-0.05, 0) is 18.1 Å². The van der Waals surface area contributed by atoms with E-state index in [1.54, 1.807) is 0 Å². The number of carbonyl (C=O) groups excluding carboxylic acids is 1. The van der Waals surface area contributed by atoms with Crippen LogP contribution in [0.2, 0.25) is 0 Å². The van der Waals surface area contributed by atoms with E-state index in [1.165, 1.54) is 18.2 Å². The molecule has 0 unspecified atom stereocenters. The third-order valence-electron chi connectivity index (χ3n) is 1.58. The maximum absolute atomic E-state index is 11.5. The van der Waals surface area contributed by atoms with Crippen LogP contribution < -0.4 is 11.1 Å². The van der Waals surface area contributed by atoms with Crippen molar-refractivity contribution in [3.05, 3.63) is 35.5 Å². The summed E-state index contributed by atoms with van der Waals surface area (Å²) in [7, 11) is 0. The normalized spacial score (nSPS) is 12.8. The smallest absolute Gasteiger partial charge is 0.251 e. The number of nitrogens with two attached hydrogens (primary N) is 1. The summed E-state index contributed by atoms with van der Waals surface area (Å²) in [4.78, 5) is 11.5. The lowest BCUT2D eigenvalue weighted by Crippen LogP contribution is -2.28. The van der Waals surface area contributed by atoms with Gasteiger partial charge in [-0.15, -0.1) is 0 Å². The number of amides is 1. The van der Waals surface area contributed by atoms with E-state index >= 15 is 0 Å². The van der Waals surface area contributed by atoms with Crippen LogP contribution in [-0.2, 0) is 4.79 Å². The van der Waals surface area contributed by atoms with Crippen LogP contribution in [0.5, 0.6) is 0 Å². The molecule has 0 spiro atoms. The van der Waals surface area contributed by atoms with E-state index < -0.39 is 0 Å². The zero-order valence-corrected chi connectivity index (χ0v) is 9.84. The molecule has 0 aliphatic heterocycles. The third kappa shape index (κ3) is 6.80. The van der Waals surface area contributed by atoms with Crippen LogP contribution in [0.3, 0.4) is 0 Å². The zero-order chi connectivity index (χ0) is 11.8. The average Bonchev–Trinajstić information content (AvgIpc) is 2.15. The Bertz CT molecular complexity index is 289. The maximum Gasteiger partial charge on any atom is 0.251 e. The second kappa shape index (κ2) is 7.12. The van der Waals surface area contributed by atoms with Crippen LogP contribution in [0.15, 0.2) is 35.5 Å². The Morgan fingerprint density at radius 2 is 2.13 bits per heavy atom. The molecule has 0 atom stereocenters. The maximum atomic E-state index is 11.5. The highest BCUT2D eigenvalue weighted by Crippen LogP contribution is 2.00.